The lowest BCUT2D eigenvalue weighted by Crippen LogP contribution is -2.13. The van der Waals surface area contributed by atoms with Crippen molar-refractivity contribution in [2.75, 3.05) is 25.1 Å². The molecule has 0 saturated carbocycles. The van der Waals surface area contributed by atoms with Crippen molar-refractivity contribution in [3.05, 3.63) is 59.4 Å². The zero-order valence-corrected chi connectivity index (χ0v) is 17.0. The number of aryl methyl sites for hydroxylation is 1. The Bertz CT molecular complexity index is 981. The van der Waals surface area contributed by atoms with Crippen LogP contribution in [0.3, 0.4) is 0 Å². The molecule has 2 aromatic heterocycles. The van der Waals surface area contributed by atoms with Crippen LogP contribution < -0.4 is 5.32 Å². The highest BCUT2D eigenvalue weighted by molar-refractivity contribution is 7.55. The lowest BCUT2D eigenvalue weighted by molar-refractivity contribution is 0.341. The van der Waals surface area contributed by atoms with Crippen molar-refractivity contribution < 1.29 is 18.7 Å². The second kappa shape index (κ2) is 8.01. The first-order chi connectivity index (χ1) is 13.5. The summed E-state index contributed by atoms with van der Waals surface area (Å²) in [5, 5.41) is 12.7. The summed E-state index contributed by atoms with van der Waals surface area (Å²) in [6, 6.07) is 10.9. The average Bonchev–Trinajstić information content (AvgIpc) is 3.34. The lowest BCUT2D eigenvalue weighted by atomic mass is 10.2. The molecule has 28 heavy (non-hydrogen) atoms. The maximum Gasteiger partial charge on any atom is 0.340 e. The molecule has 1 atom stereocenters. The summed E-state index contributed by atoms with van der Waals surface area (Å²) in [6.45, 7) is 2.88. The van der Waals surface area contributed by atoms with Crippen LogP contribution in [0.1, 0.15) is 16.2 Å². The molecule has 146 valence electrons. The Kier molecular flexibility index (Phi) is 5.46. The number of phenols is 1. The normalized spacial score (nSPS) is 16.8. The van der Waals surface area contributed by atoms with Crippen LogP contribution in [0, 0.1) is 6.92 Å². The van der Waals surface area contributed by atoms with Crippen molar-refractivity contribution in [3.8, 4) is 16.2 Å². The lowest BCUT2D eigenvalue weighted by Gasteiger charge is -2.21. The molecule has 3 aromatic rings. The van der Waals surface area contributed by atoms with Crippen LogP contribution in [0.4, 0.5) is 5.82 Å². The molecule has 1 fully saturated rings. The number of benzene rings is 1. The fourth-order valence-corrected chi connectivity index (χ4v) is 6.26. The summed E-state index contributed by atoms with van der Waals surface area (Å²) in [4.78, 5) is 10.4. The molecule has 3 heterocycles. The first-order valence-corrected chi connectivity index (χ1v) is 11.3. The minimum absolute atomic E-state index is 0.221. The second-order valence-corrected chi connectivity index (χ2v) is 9.73. The van der Waals surface area contributed by atoms with Gasteiger partial charge >= 0.3 is 7.60 Å². The summed E-state index contributed by atoms with van der Waals surface area (Å²) >= 11 is 1.53. The van der Waals surface area contributed by atoms with E-state index in [1.165, 1.54) is 11.3 Å². The van der Waals surface area contributed by atoms with Crippen molar-refractivity contribution in [2.45, 2.75) is 12.6 Å². The second-order valence-electron chi connectivity index (χ2n) is 6.39. The van der Waals surface area contributed by atoms with Crippen LogP contribution in [0.2, 0.25) is 0 Å². The predicted molar refractivity (Wildman–Crippen MR) is 109 cm³/mol. The Morgan fingerprint density at radius 1 is 1.14 bits per heavy atom. The molecule has 0 amide bonds. The van der Waals surface area contributed by atoms with E-state index in [9.17, 15) is 9.67 Å². The number of anilines is 1. The largest absolute Gasteiger partial charge is 0.508 e. The molecule has 2 N–H and O–H groups in total. The molecule has 7 nitrogen and oxygen atoms in total. The highest BCUT2D eigenvalue weighted by Crippen LogP contribution is 2.64. The number of aromatic nitrogens is 2. The van der Waals surface area contributed by atoms with E-state index in [0.29, 0.717) is 25.6 Å². The van der Waals surface area contributed by atoms with E-state index < -0.39 is 13.3 Å². The average molecular weight is 417 g/mol. The van der Waals surface area contributed by atoms with E-state index in [4.69, 9.17) is 9.05 Å². The predicted octanol–water partition coefficient (Wildman–Crippen LogP) is 4.61. The summed E-state index contributed by atoms with van der Waals surface area (Å²) in [6.07, 6.45) is 3.32. The fraction of sp³-hybridized carbons (Fsp3) is 0.263. The number of nitrogens with one attached hydrogen (secondary N) is 1. The highest BCUT2D eigenvalue weighted by Gasteiger charge is 2.41. The van der Waals surface area contributed by atoms with Gasteiger partial charge in [-0.15, -0.1) is 11.3 Å². The van der Waals surface area contributed by atoms with Gasteiger partial charge in [-0.1, -0.05) is 0 Å². The van der Waals surface area contributed by atoms with E-state index in [1.54, 1.807) is 24.5 Å². The summed E-state index contributed by atoms with van der Waals surface area (Å²) in [5.41, 5.74) is 1.36. The van der Waals surface area contributed by atoms with Gasteiger partial charge in [-0.25, -0.2) is 4.98 Å². The van der Waals surface area contributed by atoms with E-state index in [-0.39, 0.29) is 5.75 Å². The molecule has 1 aliphatic heterocycles. The highest BCUT2D eigenvalue weighted by atomic mass is 32.1. The minimum atomic E-state index is -3.27. The molecule has 9 heteroatoms. The van der Waals surface area contributed by atoms with Crippen molar-refractivity contribution in [2.24, 2.45) is 0 Å². The number of nitrogens with zero attached hydrogens (tertiary/aromatic N) is 2. The van der Waals surface area contributed by atoms with E-state index in [0.717, 1.165) is 21.0 Å². The molecule has 0 bridgehead atoms. The molecule has 1 aliphatic rings. The molecule has 4 rings (SSSR count). The fourth-order valence-electron chi connectivity index (χ4n) is 2.91. The van der Waals surface area contributed by atoms with Gasteiger partial charge in [0.2, 0.25) is 0 Å². The third-order valence-electron chi connectivity index (χ3n) is 4.37. The standard InChI is InChI=1S/C19H20N3O4PS/c1-13-10-21-19(12-20-13)22-11-16(27(24)25-8-9-26-27)18-7-6-17(28-18)14-2-4-15(23)5-3-14/h2-7,10,12,16,23H,8-9,11H2,1H3,(H,21,22). The summed E-state index contributed by atoms with van der Waals surface area (Å²) in [7, 11) is -3.27. The van der Waals surface area contributed by atoms with Crippen LogP contribution in [0.15, 0.2) is 48.8 Å². The molecule has 0 spiro atoms. The molecular formula is C19H20N3O4PS. The molecule has 0 aliphatic carbocycles. The van der Waals surface area contributed by atoms with Gasteiger partial charge in [0.1, 0.15) is 17.2 Å². The van der Waals surface area contributed by atoms with Gasteiger partial charge < -0.3 is 19.5 Å². The Hall–Kier alpha value is -2.25. The van der Waals surface area contributed by atoms with E-state index >= 15 is 0 Å². The van der Waals surface area contributed by atoms with E-state index in [2.05, 4.69) is 15.3 Å². The number of hydrogen-bond donors (Lipinski definition) is 2. The zero-order valence-electron chi connectivity index (χ0n) is 15.2. The Morgan fingerprint density at radius 2 is 1.89 bits per heavy atom. The zero-order chi connectivity index (χ0) is 19.6. The number of aromatic hydroxyl groups is 1. The van der Waals surface area contributed by atoms with Gasteiger partial charge in [0.15, 0.2) is 0 Å². The SMILES string of the molecule is Cc1cnc(NCC(c2ccc(-c3ccc(O)cc3)s2)P2(=O)OCCO2)cn1. The van der Waals surface area contributed by atoms with Crippen molar-refractivity contribution >= 4 is 24.8 Å². The Morgan fingerprint density at radius 3 is 2.57 bits per heavy atom. The van der Waals surface area contributed by atoms with Gasteiger partial charge in [-0.3, -0.25) is 9.55 Å². The third-order valence-corrected chi connectivity index (χ3v) is 8.10. The van der Waals surface area contributed by atoms with Gasteiger partial charge in [-0.05, 0) is 48.9 Å². The van der Waals surface area contributed by atoms with E-state index in [1.807, 2.05) is 31.2 Å². The van der Waals surface area contributed by atoms with Crippen LogP contribution in [-0.4, -0.2) is 34.8 Å². The van der Waals surface area contributed by atoms with Crippen LogP contribution in [0.25, 0.3) is 10.4 Å². The van der Waals surface area contributed by atoms with Crippen LogP contribution >= 0.6 is 18.9 Å². The number of phenolic OH excluding ortho intramolecular Hbond substituents is 1. The van der Waals surface area contributed by atoms with Crippen molar-refractivity contribution in [1.82, 2.24) is 9.97 Å². The van der Waals surface area contributed by atoms with Crippen molar-refractivity contribution in [3.63, 3.8) is 0 Å². The molecule has 1 saturated heterocycles. The topological polar surface area (TPSA) is 93.6 Å². The number of rotatable bonds is 6. The van der Waals surface area contributed by atoms with Gasteiger partial charge in [0.05, 0.1) is 31.3 Å². The molecule has 1 aromatic carbocycles. The Labute approximate surface area is 166 Å². The minimum Gasteiger partial charge on any atom is -0.508 e. The molecule has 0 radical (unpaired) electrons. The van der Waals surface area contributed by atoms with Crippen LogP contribution in [0.5, 0.6) is 5.75 Å². The summed E-state index contributed by atoms with van der Waals surface area (Å²) in [5.74, 6) is 0.829. The molecule has 1 unspecified atom stereocenters. The molecular weight excluding hydrogens is 397 g/mol. The number of hydrogen-bond acceptors (Lipinski definition) is 8. The first-order valence-electron chi connectivity index (χ1n) is 8.84. The van der Waals surface area contributed by atoms with Gasteiger partial charge in [0.25, 0.3) is 0 Å². The van der Waals surface area contributed by atoms with Crippen LogP contribution in [-0.2, 0) is 13.6 Å². The monoisotopic (exact) mass is 417 g/mol. The number of thiophene rings is 1. The quantitative estimate of drug-likeness (QED) is 0.566. The first kappa shape index (κ1) is 19.1. The summed E-state index contributed by atoms with van der Waals surface area (Å²) < 4.78 is 24.3. The maximum absolute atomic E-state index is 13.2. The van der Waals surface area contributed by atoms with Crippen molar-refractivity contribution in [1.29, 1.82) is 0 Å². The Balaban J connectivity index is 1.59. The maximum atomic E-state index is 13.2. The smallest absolute Gasteiger partial charge is 0.340 e. The third kappa shape index (κ3) is 4.10. The van der Waals surface area contributed by atoms with Gasteiger partial charge in [-0.2, -0.15) is 0 Å². The van der Waals surface area contributed by atoms with Gasteiger partial charge in [0, 0.05) is 16.3 Å².